The van der Waals surface area contributed by atoms with E-state index in [1.807, 2.05) is 0 Å². The summed E-state index contributed by atoms with van der Waals surface area (Å²) in [5, 5.41) is 37.8. The van der Waals surface area contributed by atoms with Gasteiger partial charge in [0.2, 0.25) is 0 Å². The molecule has 0 bridgehead atoms. The molecule has 3 rings (SSSR count). The van der Waals surface area contributed by atoms with Gasteiger partial charge < -0.3 is 20.4 Å². The van der Waals surface area contributed by atoms with Crippen molar-refractivity contribution >= 4 is 45.4 Å². The molecule has 0 saturated heterocycles. The smallest absolute Gasteiger partial charge is 0.337 e. The quantitative estimate of drug-likeness (QED) is 0.522. The van der Waals surface area contributed by atoms with Gasteiger partial charge in [-0.1, -0.05) is 30.3 Å². The molecule has 0 radical (unpaired) electrons. The van der Waals surface area contributed by atoms with Crippen molar-refractivity contribution in [1.82, 2.24) is 0 Å². The summed E-state index contributed by atoms with van der Waals surface area (Å²) < 4.78 is 0. The predicted octanol–water partition coefficient (Wildman–Crippen LogP) is 2.79. The van der Waals surface area contributed by atoms with E-state index >= 15 is 0 Å². The van der Waals surface area contributed by atoms with Gasteiger partial charge in [-0.15, -0.1) is 0 Å². The van der Waals surface area contributed by atoms with Crippen LogP contribution in [0.25, 0.3) is 21.5 Å². The highest BCUT2D eigenvalue weighted by Gasteiger charge is 2.28. The topological polar surface area (TPSA) is 149 Å². The molecule has 130 valence electrons. The minimum Gasteiger partial charge on any atom is -0.478 e. The average Bonchev–Trinajstić information content (AvgIpc) is 2.58. The Morgan fingerprint density at radius 1 is 0.538 bits per heavy atom. The van der Waals surface area contributed by atoms with E-state index in [0.29, 0.717) is 0 Å². The van der Waals surface area contributed by atoms with E-state index in [9.17, 15) is 39.6 Å². The van der Waals surface area contributed by atoms with E-state index in [2.05, 4.69) is 0 Å². The summed E-state index contributed by atoms with van der Waals surface area (Å²) in [5.74, 6) is -6.10. The van der Waals surface area contributed by atoms with E-state index in [0.717, 1.165) is 12.1 Å². The molecule has 0 aromatic heterocycles. The Kier molecular flexibility index (Phi) is 3.80. The van der Waals surface area contributed by atoms with Gasteiger partial charge in [-0.3, -0.25) is 0 Å². The molecule has 0 aliphatic carbocycles. The number of fused-ring (bicyclic) bond motifs is 3. The van der Waals surface area contributed by atoms with Gasteiger partial charge >= 0.3 is 23.9 Å². The molecule has 8 heteroatoms. The average molecular weight is 354 g/mol. The summed E-state index contributed by atoms with van der Waals surface area (Å²) in [7, 11) is 0. The third kappa shape index (κ3) is 2.32. The Balaban J connectivity index is 2.77. The maximum atomic E-state index is 11.8. The van der Waals surface area contributed by atoms with Gasteiger partial charge in [0, 0.05) is 5.39 Å². The summed E-state index contributed by atoms with van der Waals surface area (Å²) in [6, 6.07) is 7.85. The van der Waals surface area contributed by atoms with Crippen LogP contribution < -0.4 is 0 Å². The first-order valence-electron chi connectivity index (χ1n) is 7.20. The van der Waals surface area contributed by atoms with E-state index in [4.69, 9.17) is 0 Å². The van der Waals surface area contributed by atoms with E-state index in [-0.39, 0.29) is 21.5 Å². The number of aromatic carboxylic acids is 4. The molecule has 3 aromatic carbocycles. The zero-order valence-electron chi connectivity index (χ0n) is 12.9. The molecule has 3 aromatic rings. The largest absolute Gasteiger partial charge is 0.478 e. The third-order valence-corrected chi connectivity index (χ3v) is 4.06. The zero-order valence-corrected chi connectivity index (χ0v) is 12.9. The van der Waals surface area contributed by atoms with Crippen LogP contribution in [-0.4, -0.2) is 44.3 Å². The Hall–Kier alpha value is -3.94. The highest BCUT2D eigenvalue weighted by Crippen LogP contribution is 2.36. The number of hydrogen-bond acceptors (Lipinski definition) is 4. The number of carboxylic acids is 4. The van der Waals surface area contributed by atoms with Crippen molar-refractivity contribution < 1.29 is 39.6 Å². The lowest BCUT2D eigenvalue weighted by Gasteiger charge is -2.15. The number of rotatable bonds is 4. The van der Waals surface area contributed by atoms with Crippen LogP contribution in [0.1, 0.15) is 41.4 Å². The number of benzene rings is 3. The SMILES string of the molecule is O=C(O)c1ccc2c(C(=O)O)c(C(=O)O)c3ccccc3c2c1C(=O)O. The Labute approximate surface area is 144 Å². The van der Waals surface area contributed by atoms with Crippen LogP contribution in [0.15, 0.2) is 36.4 Å². The normalized spacial score (nSPS) is 10.8. The summed E-state index contributed by atoms with van der Waals surface area (Å²) in [4.78, 5) is 46.6. The van der Waals surface area contributed by atoms with Gasteiger partial charge in [0.1, 0.15) is 0 Å². The second-order valence-electron chi connectivity index (χ2n) is 5.43. The molecule has 4 N–H and O–H groups in total. The summed E-state index contributed by atoms with van der Waals surface area (Å²) in [6.07, 6.45) is 0. The van der Waals surface area contributed by atoms with Crippen LogP contribution in [0, 0.1) is 0 Å². The molecule has 0 unspecified atom stereocenters. The molecule has 8 nitrogen and oxygen atoms in total. The zero-order chi connectivity index (χ0) is 19.2. The van der Waals surface area contributed by atoms with Gasteiger partial charge in [0.15, 0.2) is 0 Å². The van der Waals surface area contributed by atoms with Crippen LogP contribution in [0.2, 0.25) is 0 Å². The summed E-state index contributed by atoms with van der Waals surface area (Å²) in [6.45, 7) is 0. The molecular weight excluding hydrogens is 344 g/mol. The van der Waals surface area contributed by atoms with Crippen molar-refractivity contribution in [2.75, 3.05) is 0 Å². The molecule has 0 aliphatic heterocycles. The molecule has 26 heavy (non-hydrogen) atoms. The lowest BCUT2D eigenvalue weighted by Crippen LogP contribution is -2.14. The first kappa shape index (κ1) is 16.9. The second-order valence-corrected chi connectivity index (χ2v) is 5.43. The lowest BCUT2D eigenvalue weighted by atomic mass is 9.87. The van der Waals surface area contributed by atoms with Gasteiger partial charge in [-0.25, -0.2) is 19.2 Å². The van der Waals surface area contributed by atoms with Crippen LogP contribution in [0.5, 0.6) is 0 Å². The first-order valence-corrected chi connectivity index (χ1v) is 7.20. The lowest BCUT2D eigenvalue weighted by molar-refractivity contribution is 0.0652. The molecule has 0 atom stereocenters. The molecule has 0 aliphatic rings. The summed E-state index contributed by atoms with van der Waals surface area (Å²) >= 11 is 0. The fourth-order valence-electron chi connectivity index (χ4n) is 3.12. The predicted molar refractivity (Wildman–Crippen MR) is 89.3 cm³/mol. The van der Waals surface area contributed by atoms with Crippen molar-refractivity contribution in [2.24, 2.45) is 0 Å². The highest BCUT2D eigenvalue weighted by atomic mass is 16.4. The van der Waals surface area contributed by atoms with Gasteiger partial charge in [-0.05, 0) is 22.2 Å². The van der Waals surface area contributed by atoms with Crippen molar-refractivity contribution in [3.05, 3.63) is 58.7 Å². The third-order valence-electron chi connectivity index (χ3n) is 4.06. The van der Waals surface area contributed by atoms with Crippen molar-refractivity contribution in [1.29, 1.82) is 0 Å². The molecule has 0 spiro atoms. The summed E-state index contributed by atoms with van der Waals surface area (Å²) in [5.41, 5.74) is -2.19. The van der Waals surface area contributed by atoms with Crippen molar-refractivity contribution in [3.8, 4) is 0 Å². The van der Waals surface area contributed by atoms with Crippen molar-refractivity contribution in [3.63, 3.8) is 0 Å². The molecule has 0 heterocycles. The number of carboxylic acid groups (broad SMARTS) is 4. The number of hydrogen-bond donors (Lipinski definition) is 4. The Bertz CT molecular complexity index is 1130. The van der Waals surface area contributed by atoms with Gasteiger partial charge in [0.25, 0.3) is 0 Å². The van der Waals surface area contributed by atoms with Crippen LogP contribution in [0.3, 0.4) is 0 Å². The van der Waals surface area contributed by atoms with E-state index in [1.165, 1.54) is 24.3 Å². The maximum absolute atomic E-state index is 11.8. The highest BCUT2D eigenvalue weighted by molar-refractivity contribution is 6.28. The molecule has 0 saturated carbocycles. The van der Waals surface area contributed by atoms with Crippen LogP contribution in [-0.2, 0) is 0 Å². The van der Waals surface area contributed by atoms with E-state index < -0.39 is 46.1 Å². The Morgan fingerprint density at radius 3 is 1.54 bits per heavy atom. The number of carbonyl (C=O) groups is 4. The van der Waals surface area contributed by atoms with Gasteiger partial charge in [0.05, 0.1) is 22.3 Å². The van der Waals surface area contributed by atoms with E-state index in [1.54, 1.807) is 0 Å². The second kappa shape index (κ2) is 5.85. The monoisotopic (exact) mass is 354 g/mol. The maximum Gasteiger partial charge on any atom is 0.337 e. The van der Waals surface area contributed by atoms with Crippen molar-refractivity contribution in [2.45, 2.75) is 0 Å². The van der Waals surface area contributed by atoms with Crippen LogP contribution >= 0.6 is 0 Å². The Morgan fingerprint density at radius 2 is 1.04 bits per heavy atom. The molecule has 0 amide bonds. The fourth-order valence-corrected chi connectivity index (χ4v) is 3.12. The molecule has 0 fully saturated rings. The molecular formula is C18H10O8. The minimum atomic E-state index is -1.56. The first-order chi connectivity index (χ1) is 12.3. The van der Waals surface area contributed by atoms with Crippen LogP contribution in [0.4, 0.5) is 0 Å². The standard InChI is InChI=1S/C18H10O8/c19-15(20)10-6-5-9-11(14(10)18(25)26)7-3-1-2-4-8(7)12(16(21)22)13(9)17(23)24/h1-6H,(H,19,20)(H,21,22)(H,23,24)(H,25,26). The fraction of sp³-hybridized carbons (Fsp3) is 0. The van der Waals surface area contributed by atoms with Gasteiger partial charge in [-0.2, -0.15) is 0 Å². The minimum absolute atomic E-state index is 0.00920.